The molecule has 0 saturated heterocycles. The van der Waals surface area contributed by atoms with Crippen LogP contribution in [-0.2, 0) is 0 Å². The average molecular weight is 598 g/mol. The van der Waals surface area contributed by atoms with Crippen LogP contribution in [0.2, 0.25) is 20.1 Å². The van der Waals surface area contributed by atoms with Crippen molar-refractivity contribution in [2.45, 2.75) is 0 Å². The van der Waals surface area contributed by atoms with E-state index in [2.05, 4.69) is 9.97 Å². The van der Waals surface area contributed by atoms with Crippen molar-refractivity contribution in [3.05, 3.63) is 117 Å². The number of rotatable bonds is 4. The predicted molar refractivity (Wildman–Crippen MR) is 154 cm³/mol. The summed E-state index contributed by atoms with van der Waals surface area (Å²) in [5.74, 6) is -0.323. The molecule has 2 heterocycles. The lowest BCUT2D eigenvalue weighted by Crippen LogP contribution is -1.95. The molecule has 0 atom stereocenters. The Kier molecular flexibility index (Phi) is 6.77. The largest absolute Gasteiger partial charge is 0.456 e. The van der Waals surface area contributed by atoms with Crippen LogP contribution in [0.1, 0.15) is 0 Å². The second-order valence-electron chi connectivity index (χ2n) is 8.66. The van der Waals surface area contributed by atoms with Gasteiger partial charge in [-0.05, 0) is 83.9 Å². The Balaban J connectivity index is 1.55. The molecular formula is C30H14Cl4F2N2O. The van der Waals surface area contributed by atoms with E-state index in [1.165, 1.54) is 36.4 Å². The average Bonchev–Trinajstić information content (AvgIpc) is 2.89. The maximum Gasteiger partial charge on any atom is 0.135 e. The second kappa shape index (κ2) is 10.2. The molecule has 2 aromatic heterocycles. The lowest BCUT2D eigenvalue weighted by Gasteiger charge is -2.17. The van der Waals surface area contributed by atoms with E-state index in [4.69, 9.17) is 51.1 Å². The third kappa shape index (κ3) is 4.88. The molecule has 192 valence electrons. The molecule has 4 aromatic carbocycles. The number of nitrogens with zero attached hydrogens (tertiary/aromatic N) is 2. The van der Waals surface area contributed by atoms with Gasteiger partial charge in [0.15, 0.2) is 0 Å². The lowest BCUT2D eigenvalue weighted by atomic mass is 9.99. The molecule has 6 aromatic rings. The molecule has 9 heteroatoms. The monoisotopic (exact) mass is 596 g/mol. The van der Waals surface area contributed by atoms with Gasteiger partial charge in [-0.1, -0.05) is 46.4 Å². The summed E-state index contributed by atoms with van der Waals surface area (Å²) in [5, 5.41) is 2.73. The van der Waals surface area contributed by atoms with Crippen molar-refractivity contribution in [1.29, 1.82) is 0 Å². The van der Waals surface area contributed by atoms with E-state index in [9.17, 15) is 8.78 Å². The van der Waals surface area contributed by atoms with E-state index in [0.29, 0.717) is 75.6 Å². The van der Waals surface area contributed by atoms with Gasteiger partial charge in [0, 0.05) is 44.3 Å². The molecule has 0 spiro atoms. The van der Waals surface area contributed by atoms with E-state index < -0.39 is 11.6 Å². The summed E-state index contributed by atoms with van der Waals surface area (Å²) in [7, 11) is 0. The summed E-state index contributed by atoms with van der Waals surface area (Å²) in [5.41, 5.74) is 3.11. The van der Waals surface area contributed by atoms with E-state index in [1.807, 2.05) is 0 Å². The molecular weight excluding hydrogens is 584 g/mol. The van der Waals surface area contributed by atoms with Crippen LogP contribution in [0, 0.1) is 11.6 Å². The van der Waals surface area contributed by atoms with Gasteiger partial charge in [-0.2, -0.15) is 0 Å². The summed E-state index contributed by atoms with van der Waals surface area (Å²) in [6, 6.07) is 18.2. The lowest BCUT2D eigenvalue weighted by molar-refractivity contribution is 0.482. The van der Waals surface area contributed by atoms with E-state index >= 15 is 0 Å². The molecule has 0 bridgehead atoms. The van der Waals surface area contributed by atoms with Crippen LogP contribution in [-0.4, -0.2) is 9.97 Å². The Bertz CT molecular complexity index is 1790. The van der Waals surface area contributed by atoms with Gasteiger partial charge in [-0.3, -0.25) is 9.97 Å². The first kappa shape index (κ1) is 25.8. The molecule has 0 N–H and O–H groups in total. The van der Waals surface area contributed by atoms with Gasteiger partial charge in [0.1, 0.15) is 23.1 Å². The van der Waals surface area contributed by atoms with E-state index in [0.717, 1.165) is 0 Å². The number of hydrogen-bond acceptors (Lipinski definition) is 3. The number of hydrogen-bond donors (Lipinski definition) is 0. The van der Waals surface area contributed by atoms with Gasteiger partial charge >= 0.3 is 0 Å². The van der Waals surface area contributed by atoms with Crippen LogP contribution in [0.15, 0.2) is 85.2 Å². The number of ether oxygens (including phenoxy) is 1. The molecule has 0 saturated carbocycles. The van der Waals surface area contributed by atoms with Gasteiger partial charge in [0.2, 0.25) is 0 Å². The van der Waals surface area contributed by atoms with Crippen molar-refractivity contribution in [1.82, 2.24) is 9.97 Å². The van der Waals surface area contributed by atoms with Gasteiger partial charge in [0.05, 0.1) is 21.1 Å². The fourth-order valence-electron chi connectivity index (χ4n) is 4.58. The van der Waals surface area contributed by atoms with Crippen LogP contribution in [0.25, 0.3) is 44.1 Å². The first-order chi connectivity index (χ1) is 18.8. The third-order valence-electron chi connectivity index (χ3n) is 6.20. The molecule has 0 aliphatic carbocycles. The Morgan fingerprint density at radius 3 is 1.38 bits per heavy atom. The number of benzene rings is 4. The van der Waals surface area contributed by atoms with E-state index in [1.54, 1.807) is 48.8 Å². The topological polar surface area (TPSA) is 35.0 Å². The Labute approximate surface area is 241 Å². The normalized spacial score (nSPS) is 11.3. The summed E-state index contributed by atoms with van der Waals surface area (Å²) in [6.45, 7) is 0. The van der Waals surface area contributed by atoms with E-state index in [-0.39, 0.29) is 0 Å². The van der Waals surface area contributed by atoms with Crippen LogP contribution in [0.3, 0.4) is 0 Å². The van der Waals surface area contributed by atoms with Crippen molar-refractivity contribution >= 4 is 68.2 Å². The molecule has 3 nitrogen and oxygen atoms in total. The number of aromatic nitrogens is 2. The second-order valence-corrected chi connectivity index (χ2v) is 10.4. The number of pyridine rings is 2. The minimum atomic E-state index is -0.476. The van der Waals surface area contributed by atoms with Crippen LogP contribution >= 0.6 is 46.4 Å². The Hall–Kier alpha value is -3.48. The van der Waals surface area contributed by atoms with Gasteiger partial charge in [-0.25, -0.2) is 8.78 Å². The predicted octanol–water partition coefficient (Wildman–Crippen LogP) is 10.8. The van der Waals surface area contributed by atoms with Crippen LogP contribution < -0.4 is 4.74 Å². The highest BCUT2D eigenvalue weighted by Crippen LogP contribution is 2.44. The highest BCUT2D eigenvalue weighted by atomic mass is 35.5. The molecule has 39 heavy (non-hydrogen) atoms. The first-order valence-corrected chi connectivity index (χ1v) is 13.0. The Morgan fingerprint density at radius 1 is 0.513 bits per heavy atom. The standard InChI is InChI=1S/C30H14Cl4F2N2O/c31-15-9-23(33)29-19(5-7-37-25(29)11-15)21-13-17(35)1-3-27(21)39-28-4-2-18(36)14-22(28)20-6-8-38-26-12-16(32)10-24(34)30(20)26/h1-14H. The fraction of sp³-hybridized carbons (Fsp3) is 0. The van der Waals surface area contributed by atoms with Crippen molar-refractivity contribution in [2.24, 2.45) is 0 Å². The molecule has 0 radical (unpaired) electrons. The van der Waals surface area contributed by atoms with Crippen molar-refractivity contribution in [2.75, 3.05) is 0 Å². The summed E-state index contributed by atoms with van der Waals surface area (Å²) in [6.07, 6.45) is 3.16. The minimum Gasteiger partial charge on any atom is -0.456 e. The zero-order valence-corrected chi connectivity index (χ0v) is 22.7. The maximum atomic E-state index is 14.6. The zero-order valence-electron chi connectivity index (χ0n) is 19.7. The molecule has 0 amide bonds. The molecule has 6 rings (SSSR count). The van der Waals surface area contributed by atoms with Gasteiger partial charge in [0.25, 0.3) is 0 Å². The van der Waals surface area contributed by atoms with Crippen molar-refractivity contribution in [3.8, 4) is 33.8 Å². The smallest absolute Gasteiger partial charge is 0.135 e. The fourth-order valence-corrected chi connectivity index (χ4v) is 5.75. The van der Waals surface area contributed by atoms with Crippen molar-refractivity contribution < 1.29 is 13.5 Å². The summed E-state index contributed by atoms with van der Waals surface area (Å²) in [4.78, 5) is 8.72. The number of halogens is 6. The molecule has 0 fully saturated rings. The van der Waals surface area contributed by atoms with Gasteiger partial charge in [-0.15, -0.1) is 0 Å². The minimum absolute atomic E-state index is 0.315. The summed E-state index contributed by atoms with van der Waals surface area (Å²) < 4.78 is 35.5. The summed E-state index contributed by atoms with van der Waals surface area (Å²) >= 11 is 25.4. The van der Waals surface area contributed by atoms with Crippen LogP contribution in [0.4, 0.5) is 8.78 Å². The molecule has 0 aliphatic heterocycles. The van der Waals surface area contributed by atoms with Crippen LogP contribution in [0.5, 0.6) is 11.5 Å². The third-order valence-corrected chi connectivity index (χ3v) is 7.23. The first-order valence-electron chi connectivity index (χ1n) is 11.5. The van der Waals surface area contributed by atoms with Crippen molar-refractivity contribution in [3.63, 3.8) is 0 Å². The molecule has 0 unspecified atom stereocenters. The zero-order chi connectivity index (χ0) is 27.3. The SMILES string of the molecule is Fc1ccc(Oc2ccc(F)cc2-c2ccnc3cc(Cl)cc(Cl)c23)c(-c2ccnc3cc(Cl)cc(Cl)c23)c1. The molecule has 0 aliphatic rings. The highest BCUT2D eigenvalue weighted by molar-refractivity contribution is 6.40. The van der Waals surface area contributed by atoms with Gasteiger partial charge < -0.3 is 4.74 Å². The quantitative estimate of drug-likeness (QED) is 0.203. The Morgan fingerprint density at radius 2 is 0.949 bits per heavy atom. The highest BCUT2D eigenvalue weighted by Gasteiger charge is 2.19. The maximum absolute atomic E-state index is 14.6. The number of fused-ring (bicyclic) bond motifs is 2.